The number of methoxy groups -OCH3 is 3. The summed E-state index contributed by atoms with van der Waals surface area (Å²) in [5.74, 6) is 1.12. The van der Waals surface area contributed by atoms with Crippen LogP contribution in [0.4, 0.5) is 5.69 Å². The summed E-state index contributed by atoms with van der Waals surface area (Å²) in [5, 5.41) is 5.73. The Bertz CT molecular complexity index is 393. The van der Waals surface area contributed by atoms with E-state index in [9.17, 15) is 4.79 Å². The average Bonchev–Trinajstić information content (AvgIpc) is 2.43. The van der Waals surface area contributed by atoms with E-state index >= 15 is 0 Å². The Morgan fingerprint density at radius 1 is 1.10 bits per heavy atom. The number of amides is 1. The molecule has 1 amide bonds. The third-order valence-electron chi connectivity index (χ3n) is 2.40. The normalized spacial score (nSPS) is 9.55. The van der Waals surface area contributed by atoms with E-state index in [1.54, 1.807) is 39.5 Å². The van der Waals surface area contributed by atoms with E-state index in [1.165, 1.54) is 0 Å². The molecule has 0 aliphatic carbocycles. The second-order valence-corrected chi connectivity index (χ2v) is 3.82. The number of carbonyl (C=O) groups excluding carboxylic acids is 1. The first-order valence-electron chi connectivity index (χ1n) is 5.92. The van der Waals surface area contributed by atoms with Crippen LogP contribution in [0, 0.1) is 0 Å². The first-order chi connectivity index (χ1) is 9.19. The van der Waals surface area contributed by atoms with Crippen molar-refractivity contribution >= 4 is 24.0 Å². The number of anilines is 1. The van der Waals surface area contributed by atoms with Crippen molar-refractivity contribution in [2.24, 2.45) is 0 Å². The van der Waals surface area contributed by atoms with Crippen molar-refractivity contribution < 1.29 is 19.0 Å². The fraction of sp³-hybridized carbons (Fsp3) is 0.462. The highest BCUT2D eigenvalue weighted by molar-refractivity contribution is 5.92. The molecule has 0 heterocycles. The highest BCUT2D eigenvalue weighted by atomic mass is 35.5. The lowest BCUT2D eigenvalue weighted by Crippen LogP contribution is -2.30. The first kappa shape index (κ1) is 18.5. The van der Waals surface area contributed by atoms with Crippen molar-refractivity contribution in [1.29, 1.82) is 0 Å². The van der Waals surface area contributed by atoms with Crippen LogP contribution in [-0.4, -0.2) is 46.9 Å². The van der Waals surface area contributed by atoms with Gasteiger partial charge in [-0.3, -0.25) is 4.79 Å². The third-order valence-corrected chi connectivity index (χ3v) is 2.40. The minimum absolute atomic E-state index is 0. The molecule has 0 bridgehead atoms. The van der Waals surface area contributed by atoms with Gasteiger partial charge in [-0.05, 0) is 0 Å². The van der Waals surface area contributed by atoms with Gasteiger partial charge in [0.2, 0.25) is 5.91 Å². The third kappa shape index (κ3) is 6.60. The predicted molar refractivity (Wildman–Crippen MR) is 80.2 cm³/mol. The van der Waals surface area contributed by atoms with Gasteiger partial charge in [0, 0.05) is 37.5 Å². The lowest BCUT2D eigenvalue weighted by molar-refractivity contribution is -0.115. The van der Waals surface area contributed by atoms with E-state index < -0.39 is 0 Å². The maximum atomic E-state index is 11.7. The summed E-state index contributed by atoms with van der Waals surface area (Å²) in [6.07, 6.45) is 0. The topological polar surface area (TPSA) is 68.8 Å². The van der Waals surface area contributed by atoms with E-state index in [0.717, 1.165) is 0 Å². The number of nitrogens with one attached hydrogen (secondary N) is 2. The minimum atomic E-state index is -0.133. The summed E-state index contributed by atoms with van der Waals surface area (Å²) in [6, 6.07) is 5.21. The summed E-state index contributed by atoms with van der Waals surface area (Å²) in [5.41, 5.74) is 0.634. The van der Waals surface area contributed by atoms with Crippen LogP contribution in [0.25, 0.3) is 0 Å². The first-order valence-corrected chi connectivity index (χ1v) is 5.92. The molecule has 1 rings (SSSR count). The Labute approximate surface area is 125 Å². The summed E-state index contributed by atoms with van der Waals surface area (Å²) >= 11 is 0. The van der Waals surface area contributed by atoms with E-state index in [-0.39, 0.29) is 24.9 Å². The van der Waals surface area contributed by atoms with E-state index in [1.807, 2.05) is 0 Å². The van der Waals surface area contributed by atoms with Gasteiger partial charge in [-0.2, -0.15) is 0 Å². The molecule has 0 radical (unpaired) electrons. The summed E-state index contributed by atoms with van der Waals surface area (Å²) < 4.78 is 15.1. The second-order valence-electron chi connectivity index (χ2n) is 3.82. The lowest BCUT2D eigenvalue weighted by atomic mass is 10.2. The molecule has 0 aliphatic rings. The zero-order chi connectivity index (χ0) is 14.1. The Morgan fingerprint density at radius 3 is 2.20 bits per heavy atom. The van der Waals surface area contributed by atoms with Gasteiger partial charge >= 0.3 is 0 Å². The number of hydrogen-bond donors (Lipinski definition) is 2. The number of rotatable bonds is 8. The quantitative estimate of drug-likeness (QED) is 0.709. The highest BCUT2D eigenvalue weighted by Crippen LogP contribution is 2.25. The summed E-state index contributed by atoms with van der Waals surface area (Å²) in [7, 11) is 4.74. The minimum Gasteiger partial charge on any atom is -0.497 e. The molecule has 0 aromatic heterocycles. The molecule has 114 valence electrons. The van der Waals surface area contributed by atoms with Gasteiger partial charge in [0.05, 0.1) is 27.4 Å². The molecule has 20 heavy (non-hydrogen) atoms. The van der Waals surface area contributed by atoms with Gasteiger partial charge in [-0.25, -0.2) is 0 Å². The molecule has 0 saturated heterocycles. The van der Waals surface area contributed by atoms with Gasteiger partial charge < -0.3 is 24.8 Å². The van der Waals surface area contributed by atoms with E-state index in [4.69, 9.17) is 14.2 Å². The van der Waals surface area contributed by atoms with Crippen molar-refractivity contribution in [2.75, 3.05) is 46.3 Å². The molecule has 0 saturated carbocycles. The number of carbonyl (C=O) groups is 1. The zero-order valence-electron chi connectivity index (χ0n) is 11.9. The van der Waals surface area contributed by atoms with Crippen molar-refractivity contribution in [1.82, 2.24) is 5.32 Å². The number of benzene rings is 1. The fourth-order valence-corrected chi connectivity index (χ4v) is 1.46. The van der Waals surface area contributed by atoms with Crippen molar-refractivity contribution in [2.45, 2.75) is 0 Å². The van der Waals surface area contributed by atoms with Crippen LogP contribution in [-0.2, 0) is 9.53 Å². The highest BCUT2D eigenvalue weighted by Gasteiger charge is 2.05. The molecule has 0 unspecified atom stereocenters. The van der Waals surface area contributed by atoms with Crippen molar-refractivity contribution in [3.05, 3.63) is 18.2 Å². The molecule has 0 spiro atoms. The molecule has 1 aromatic carbocycles. The van der Waals surface area contributed by atoms with Crippen molar-refractivity contribution in [3.63, 3.8) is 0 Å². The van der Waals surface area contributed by atoms with Crippen molar-refractivity contribution in [3.8, 4) is 11.5 Å². The molecule has 1 aromatic rings. The van der Waals surface area contributed by atoms with Crippen LogP contribution in [0.3, 0.4) is 0 Å². The smallest absolute Gasteiger partial charge is 0.238 e. The lowest BCUT2D eigenvalue weighted by Gasteiger charge is -2.10. The molecule has 6 nitrogen and oxygen atoms in total. The van der Waals surface area contributed by atoms with Crippen LogP contribution in [0.15, 0.2) is 18.2 Å². The Morgan fingerprint density at radius 2 is 1.70 bits per heavy atom. The molecule has 7 heteroatoms. The van der Waals surface area contributed by atoms with Crippen LogP contribution in [0.1, 0.15) is 0 Å². The molecular formula is C13H21ClN2O4. The van der Waals surface area contributed by atoms with E-state index in [2.05, 4.69) is 10.6 Å². The van der Waals surface area contributed by atoms with Crippen LogP contribution in [0.2, 0.25) is 0 Å². The van der Waals surface area contributed by atoms with Crippen LogP contribution in [0.5, 0.6) is 11.5 Å². The standard InChI is InChI=1S/C13H20N2O4.ClH/c1-17-5-4-14-9-13(16)15-10-6-11(18-2)8-12(7-10)19-3;/h6-8,14H,4-5,9H2,1-3H3,(H,15,16);1H. The SMILES string of the molecule is COCCNCC(=O)Nc1cc(OC)cc(OC)c1.Cl. The predicted octanol–water partition coefficient (Wildman–Crippen LogP) is 1.30. The van der Waals surface area contributed by atoms with Crippen LogP contribution >= 0.6 is 12.4 Å². The molecule has 0 fully saturated rings. The molecular weight excluding hydrogens is 284 g/mol. The number of hydrogen-bond acceptors (Lipinski definition) is 5. The van der Waals surface area contributed by atoms with Gasteiger partial charge in [0.25, 0.3) is 0 Å². The Balaban J connectivity index is 0.00000361. The number of ether oxygens (including phenoxy) is 3. The monoisotopic (exact) mass is 304 g/mol. The molecule has 2 N–H and O–H groups in total. The Kier molecular flexibility index (Phi) is 9.53. The van der Waals surface area contributed by atoms with Gasteiger partial charge in [-0.15, -0.1) is 12.4 Å². The Hall–Kier alpha value is -1.50. The maximum Gasteiger partial charge on any atom is 0.238 e. The molecule has 0 atom stereocenters. The van der Waals surface area contributed by atoms with E-state index in [0.29, 0.717) is 30.3 Å². The summed E-state index contributed by atoms with van der Waals surface area (Å²) in [6.45, 7) is 1.43. The summed E-state index contributed by atoms with van der Waals surface area (Å²) in [4.78, 5) is 11.7. The van der Waals surface area contributed by atoms with Crippen LogP contribution < -0.4 is 20.1 Å². The number of halogens is 1. The molecule has 0 aliphatic heterocycles. The fourth-order valence-electron chi connectivity index (χ4n) is 1.46. The average molecular weight is 305 g/mol. The zero-order valence-corrected chi connectivity index (χ0v) is 12.7. The van der Waals surface area contributed by atoms with Gasteiger partial charge in [0.1, 0.15) is 11.5 Å². The largest absolute Gasteiger partial charge is 0.497 e. The maximum absolute atomic E-state index is 11.7. The van der Waals surface area contributed by atoms with Gasteiger partial charge in [0.15, 0.2) is 0 Å². The van der Waals surface area contributed by atoms with Gasteiger partial charge in [-0.1, -0.05) is 0 Å². The second kappa shape index (κ2) is 10.3.